The lowest BCUT2D eigenvalue weighted by molar-refractivity contribution is -0.220. The molecule has 6 N–H and O–H groups in total. The van der Waals surface area contributed by atoms with Gasteiger partial charge < -0.3 is 39.9 Å². The van der Waals surface area contributed by atoms with Gasteiger partial charge in [-0.2, -0.15) is 0 Å². The summed E-state index contributed by atoms with van der Waals surface area (Å²) in [6.45, 7) is 3.20. The topological polar surface area (TPSA) is 210 Å². The molecule has 14 heteroatoms. The maximum atomic E-state index is 12.8. The number of carbonyl (C=O) groups excluding carboxylic acids is 2. The van der Waals surface area contributed by atoms with Crippen LogP contribution in [0.15, 0.2) is 48.6 Å². The summed E-state index contributed by atoms with van der Waals surface area (Å²) in [4.78, 5) is 35.8. The van der Waals surface area contributed by atoms with Crippen LogP contribution in [-0.2, 0) is 32.7 Å². The first-order chi connectivity index (χ1) is 31.4. The molecule has 0 radical (unpaired) electrons. The van der Waals surface area contributed by atoms with Gasteiger partial charge in [0.05, 0.1) is 6.61 Å². The number of hydrogen-bond acceptors (Lipinski definition) is 12. The second kappa shape index (κ2) is 40.8. The van der Waals surface area contributed by atoms with Crippen LogP contribution in [0.4, 0.5) is 0 Å². The molecule has 1 rings (SSSR count). The number of hydrogen-bond donors (Lipinski definition) is 6. The summed E-state index contributed by atoms with van der Waals surface area (Å²) in [7, 11) is -5.13. The minimum atomic E-state index is -5.13. The van der Waals surface area contributed by atoms with Crippen LogP contribution in [0.25, 0.3) is 0 Å². The van der Waals surface area contributed by atoms with E-state index < -0.39 is 75.7 Å². The molecule has 0 aliphatic heterocycles. The second-order valence-electron chi connectivity index (χ2n) is 17.7. The van der Waals surface area contributed by atoms with Gasteiger partial charge in [0.1, 0.15) is 43.2 Å². The van der Waals surface area contributed by atoms with E-state index >= 15 is 0 Å². The molecule has 378 valence electrons. The molecule has 1 aliphatic rings. The summed E-state index contributed by atoms with van der Waals surface area (Å²) in [5.74, 6) is -1.11. The van der Waals surface area contributed by atoms with Crippen molar-refractivity contribution >= 4 is 19.8 Å². The van der Waals surface area contributed by atoms with Crippen molar-refractivity contribution in [3.05, 3.63) is 48.6 Å². The van der Waals surface area contributed by atoms with Gasteiger partial charge in [-0.15, -0.1) is 0 Å². The second-order valence-corrected chi connectivity index (χ2v) is 19.1. The molecular weight excluding hydrogens is 852 g/mol. The molecule has 0 bridgehead atoms. The van der Waals surface area contributed by atoms with E-state index in [2.05, 4.69) is 62.5 Å². The van der Waals surface area contributed by atoms with Crippen molar-refractivity contribution < 1.29 is 63.1 Å². The van der Waals surface area contributed by atoms with Gasteiger partial charge in [0.25, 0.3) is 0 Å². The standard InChI is InChI=1S/C51H91O13P/c1-3-5-7-9-11-13-15-17-19-21-22-24-26-28-30-32-34-36-38-40-45(53)63-43(42-62-65(59,60)64-51-49(57)47(55)46(54)48(56)50(51)58)41-61-44(52)39-37-35-33-31-29-27-25-23-20-18-16-14-12-10-8-6-4-2/h5,7,11,13,17,19,22,24,43,46-51,54-58H,3-4,6,8-10,12,14-16,18,20-21,23,25-42H2,1-2H3,(H,59,60)/b7-5-,13-11-,19-17-,24-22-. The first-order valence-electron chi connectivity index (χ1n) is 25.4. The SMILES string of the molecule is CC/C=C\C/C=C\C/C=C\C/C=C\CCCCCCCCC(=O)OC(COC(=O)CCCCCCCCCCCCCCCCCCC)COP(=O)(O)OC1C(O)C(O)C(O)C(O)C1O. The molecule has 0 aromatic rings. The lowest BCUT2D eigenvalue weighted by Gasteiger charge is -2.41. The molecule has 65 heavy (non-hydrogen) atoms. The van der Waals surface area contributed by atoms with Crippen molar-refractivity contribution in [1.29, 1.82) is 0 Å². The van der Waals surface area contributed by atoms with E-state index in [4.69, 9.17) is 18.5 Å². The number of unbranched alkanes of at least 4 members (excludes halogenated alkanes) is 22. The number of aliphatic hydroxyl groups is 5. The van der Waals surface area contributed by atoms with E-state index in [0.29, 0.717) is 12.8 Å². The van der Waals surface area contributed by atoms with Gasteiger partial charge in [-0.1, -0.05) is 191 Å². The molecule has 0 aromatic carbocycles. The Morgan fingerprint density at radius 1 is 0.492 bits per heavy atom. The van der Waals surface area contributed by atoms with Crippen molar-refractivity contribution in [2.24, 2.45) is 0 Å². The molecule has 1 fully saturated rings. The first-order valence-corrected chi connectivity index (χ1v) is 26.9. The third kappa shape index (κ3) is 33.0. The number of carbonyl (C=O) groups is 2. The highest BCUT2D eigenvalue weighted by molar-refractivity contribution is 7.47. The zero-order valence-corrected chi connectivity index (χ0v) is 41.2. The first kappa shape index (κ1) is 60.8. The molecule has 0 saturated heterocycles. The largest absolute Gasteiger partial charge is 0.472 e. The summed E-state index contributed by atoms with van der Waals surface area (Å²) in [5.41, 5.74) is 0. The van der Waals surface area contributed by atoms with E-state index in [0.717, 1.165) is 83.5 Å². The van der Waals surface area contributed by atoms with Crippen LogP contribution in [0.2, 0.25) is 0 Å². The predicted octanol–water partition coefficient (Wildman–Crippen LogP) is 10.7. The van der Waals surface area contributed by atoms with Crippen molar-refractivity contribution in [1.82, 2.24) is 0 Å². The van der Waals surface area contributed by atoms with E-state index in [1.165, 1.54) is 83.5 Å². The Morgan fingerprint density at radius 3 is 1.34 bits per heavy atom. The fraction of sp³-hybridized carbons (Fsp3) is 0.804. The Kier molecular flexibility index (Phi) is 38.2. The number of aliphatic hydroxyl groups excluding tert-OH is 5. The van der Waals surface area contributed by atoms with Crippen molar-refractivity contribution in [3.63, 3.8) is 0 Å². The number of phosphoric ester groups is 1. The number of allylic oxidation sites excluding steroid dienone is 8. The molecule has 0 aromatic heterocycles. The molecule has 0 spiro atoms. The molecule has 13 nitrogen and oxygen atoms in total. The summed E-state index contributed by atoms with van der Waals surface area (Å²) in [5, 5.41) is 50.3. The number of ether oxygens (including phenoxy) is 2. The van der Waals surface area contributed by atoms with Crippen LogP contribution < -0.4 is 0 Å². The highest BCUT2D eigenvalue weighted by Gasteiger charge is 2.51. The smallest absolute Gasteiger partial charge is 0.462 e. The van der Waals surface area contributed by atoms with Crippen molar-refractivity contribution in [2.45, 2.75) is 249 Å². The fourth-order valence-electron chi connectivity index (χ4n) is 7.63. The monoisotopic (exact) mass is 943 g/mol. The average molecular weight is 943 g/mol. The van der Waals surface area contributed by atoms with Crippen molar-refractivity contribution in [3.8, 4) is 0 Å². The minimum Gasteiger partial charge on any atom is -0.462 e. The van der Waals surface area contributed by atoms with E-state index in [-0.39, 0.29) is 12.8 Å². The average Bonchev–Trinajstić information content (AvgIpc) is 3.29. The highest BCUT2D eigenvalue weighted by atomic mass is 31.2. The van der Waals surface area contributed by atoms with E-state index in [9.17, 15) is 44.6 Å². The highest BCUT2D eigenvalue weighted by Crippen LogP contribution is 2.47. The molecular formula is C51H91O13P. The number of rotatable bonds is 42. The van der Waals surface area contributed by atoms with E-state index in [1.54, 1.807) is 0 Å². The third-order valence-electron chi connectivity index (χ3n) is 11.7. The third-order valence-corrected chi connectivity index (χ3v) is 12.7. The Morgan fingerprint density at radius 2 is 0.877 bits per heavy atom. The maximum Gasteiger partial charge on any atom is 0.472 e. The lowest BCUT2D eigenvalue weighted by Crippen LogP contribution is -2.64. The maximum absolute atomic E-state index is 12.8. The molecule has 1 aliphatic carbocycles. The molecule has 0 heterocycles. The van der Waals surface area contributed by atoms with E-state index in [1.807, 2.05) is 0 Å². The summed E-state index contributed by atoms with van der Waals surface area (Å²) in [6, 6.07) is 0. The Hall–Kier alpha value is -2.19. The number of esters is 2. The normalized spacial score (nSPS) is 21.8. The van der Waals surface area contributed by atoms with Crippen LogP contribution >= 0.6 is 7.82 Å². The van der Waals surface area contributed by atoms with Gasteiger partial charge in [0, 0.05) is 12.8 Å². The van der Waals surface area contributed by atoms with Gasteiger partial charge in [-0.05, 0) is 51.4 Å². The van der Waals surface area contributed by atoms with Crippen LogP contribution in [0, 0.1) is 0 Å². The number of phosphoric acid groups is 1. The quantitative estimate of drug-likeness (QED) is 0.0146. The van der Waals surface area contributed by atoms with Gasteiger partial charge in [0.15, 0.2) is 6.10 Å². The molecule has 6 atom stereocenters. The van der Waals surface area contributed by atoms with Crippen molar-refractivity contribution in [2.75, 3.05) is 13.2 Å². The zero-order chi connectivity index (χ0) is 47.8. The van der Waals surface area contributed by atoms with Crippen LogP contribution in [0.3, 0.4) is 0 Å². The Balaban J connectivity index is 2.42. The molecule has 0 amide bonds. The minimum absolute atomic E-state index is 0.0809. The molecule has 6 unspecified atom stereocenters. The molecule has 1 saturated carbocycles. The zero-order valence-electron chi connectivity index (χ0n) is 40.3. The summed E-state index contributed by atoms with van der Waals surface area (Å²) >= 11 is 0. The van der Waals surface area contributed by atoms with Crippen LogP contribution in [0.5, 0.6) is 0 Å². The Bertz CT molecular complexity index is 1320. The summed E-state index contributed by atoms with van der Waals surface area (Å²) < 4.78 is 33.6. The van der Waals surface area contributed by atoms with Gasteiger partial charge >= 0.3 is 19.8 Å². The van der Waals surface area contributed by atoms with Crippen LogP contribution in [-0.4, -0.2) is 98.3 Å². The Labute approximate surface area is 392 Å². The lowest BCUT2D eigenvalue weighted by atomic mass is 9.85. The summed E-state index contributed by atoms with van der Waals surface area (Å²) in [6.07, 6.45) is 35.8. The predicted molar refractivity (Wildman–Crippen MR) is 258 cm³/mol. The van der Waals surface area contributed by atoms with Gasteiger partial charge in [-0.25, -0.2) is 4.57 Å². The van der Waals surface area contributed by atoms with Gasteiger partial charge in [-0.3, -0.25) is 18.6 Å². The van der Waals surface area contributed by atoms with Gasteiger partial charge in [0.2, 0.25) is 0 Å². The fourth-order valence-corrected chi connectivity index (χ4v) is 8.61. The van der Waals surface area contributed by atoms with Crippen LogP contribution in [0.1, 0.15) is 206 Å².